The summed E-state index contributed by atoms with van der Waals surface area (Å²) in [4.78, 5) is 60.9. The van der Waals surface area contributed by atoms with E-state index in [1.807, 2.05) is 0 Å². The van der Waals surface area contributed by atoms with Crippen LogP contribution >= 0.6 is 0 Å². The molecule has 2 aliphatic heterocycles. The van der Waals surface area contributed by atoms with Crippen molar-refractivity contribution in [1.29, 1.82) is 0 Å². The maximum atomic E-state index is 15.6. The Labute approximate surface area is 315 Å². The van der Waals surface area contributed by atoms with Crippen molar-refractivity contribution in [2.45, 2.75) is 56.8 Å². The predicted octanol–water partition coefficient (Wildman–Crippen LogP) is -0.879. The van der Waals surface area contributed by atoms with Crippen LogP contribution in [0.5, 0.6) is 0 Å². The zero-order valence-corrected chi connectivity index (χ0v) is 30.3. The molecule has 298 valence electrons. The fourth-order valence-corrected chi connectivity index (χ4v) is 7.36. The van der Waals surface area contributed by atoms with Crippen LogP contribution in [0.2, 0.25) is 0 Å². The number of nitrogens with one attached hydrogen (secondary N) is 4. The van der Waals surface area contributed by atoms with Crippen molar-refractivity contribution < 1.29 is 51.4 Å². The van der Waals surface area contributed by atoms with E-state index >= 15 is 4.39 Å². The van der Waals surface area contributed by atoms with E-state index < -0.39 is 102 Å². The van der Waals surface area contributed by atoms with E-state index in [1.54, 1.807) is 44.2 Å². The summed E-state index contributed by atoms with van der Waals surface area (Å²) in [5.74, 6) is -2.66. The number of fused-ring (bicyclic) bond motifs is 2. The number of carbonyl (C=O) groups excluding carboxylic acids is 2. The lowest BCUT2D eigenvalue weighted by Gasteiger charge is -2.24. The van der Waals surface area contributed by atoms with Gasteiger partial charge in [0, 0.05) is 17.4 Å². The van der Waals surface area contributed by atoms with Gasteiger partial charge in [0.25, 0.3) is 11.5 Å². The number of nitrogens with zero attached hydrogens (tertiary/aromatic N) is 7. The predicted molar refractivity (Wildman–Crippen MR) is 190 cm³/mol. The van der Waals surface area contributed by atoms with E-state index in [9.17, 15) is 38.1 Å². The highest BCUT2D eigenvalue weighted by Crippen LogP contribution is 2.37. The molecule has 7 N–H and O–H groups in total. The van der Waals surface area contributed by atoms with E-state index in [0.29, 0.717) is 5.56 Å². The third-order valence-corrected chi connectivity index (χ3v) is 10.3. The average molecular weight is 802 g/mol. The van der Waals surface area contributed by atoms with E-state index in [-0.39, 0.29) is 34.1 Å². The first-order valence-electron chi connectivity index (χ1n) is 17.1. The number of alkyl halides is 1. The number of ether oxygens (including phenoxy) is 2. The molecular weight excluding hydrogens is 765 g/mol. The Kier molecular flexibility index (Phi) is 10.9. The molecule has 8 unspecified atom stereocenters. The normalized spacial score (nSPS) is 25.3. The van der Waals surface area contributed by atoms with Crippen LogP contribution in [-0.2, 0) is 28.8 Å². The second kappa shape index (κ2) is 15.7. The van der Waals surface area contributed by atoms with Gasteiger partial charge in [-0.05, 0) is 12.1 Å². The number of carbonyl (C=O) groups is 2. The highest BCUT2D eigenvalue weighted by Gasteiger charge is 2.49. The van der Waals surface area contributed by atoms with Gasteiger partial charge in [0.15, 0.2) is 46.8 Å². The Hall–Kier alpha value is -5.34. The summed E-state index contributed by atoms with van der Waals surface area (Å²) in [7, 11) is -4.83. The first-order valence-corrected chi connectivity index (χ1v) is 18.5. The third-order valence-electron chi connectivity index (χ3n) is 9.29. The smallest absolute Gasteiger partial charge is 0.336 e. The van der Waals surface area contributed by atoms with Crippen molar-refractivity contribution in [1.82, 2.24) is 43.8 Å². The summed E-state index contributed by atoms with van der Waals surface area (Å²) in [5, 5.41) is 36.1. The van der Waals surface area contributed by atoms with Crippen molar-refractivity contribution >= 4 is 56.2 Å². The molecule has 0 radical (unpaired) electrons. The molecule has 0 aliphatic carbocycles. The molecule has 0 saturated carbocycles. The minimum absolute atomic E-state index is 0.0250. The molecule has 4 aromatic heterocycles. The zero-order valence-electron chi connectivity index (χ0n) is 29.5. The van der Waals surface area contributed by atoms with Crippen LogP contribution in [0, 0.1) is 11.8 Å². The van der Waals surface area contributed by atoms with Gasteiger partial charge in [0.2, 0.25) is 11.9 Å². The molecule has 2 aliphatic rings. The van der Waals surface area contributed by atoms with Crippen molar-refractivity contribution in [3.05, 3.63) is 65.2 Å². The second-order valence-electron chi connectivity index (χ2n) is 13.2. The SMILES string of the molecule is CC(C)C(=O)Nc1nc2c(ncn2C2OC(CO)C(CO)C2NS(=O)(=O)OCC2OC(n3cnc4c(NC(=O)c5ccccc5)ncnc43)C(F)C2O)c(=O)[nH]1. The minimum Gasteiger partial charge on any atom is -0.396 e. The highest BCUT2D eigenvalue weighted by atomic mass is 32.2. The summed E-state index contributed by atoms with van der Waals surface area (Å²) in [6, 6.07) is 6.92. The Bertz CT molecular complexity index is 2410. The molecule has 7 rings (SSSR count). The topological polar surface area (TPSA) is 300 Å². The first kappa shape index (κ1) is 38.9. The van der Waals surface area contributed by atoms with E-state index in [4.69, 9.17) is 13.7 Å². The van der Waals surface area contributed by atoms with E-state index in [1.165, 1.54) is 10.9 Å². The molecule has 24 heteroatoms. The lowest BCUT2D eigenvalue weighted by Crippen LogP contribution is -2.46. The Balaban J connectivity index is 1.07. The van der Waals surface area contributed by atoms with Gasteiger partial charge in [-0.3, -0.25) is 38.0 Å². The molecule has 0 bridgehead atoms. The summed E-state index contributed by atoms with van der Waals surface area (Å²) in [5.41, 5.74) is -0.561. The second-order valence-corrected chi connectivity index (χ2v) is 14.6. The number of H-pyrrole nitrogens is 1. The average Bonchev–Trinajstić information content (AvgIpc) is 3.95. The third kappa shape index (κ3) is 7.47. The number of hydrogen-bond donors (Lipinski definition) is 7. The molecule has 2 amide bonds. The van der Waals surface area contributed by atoms with Crippen LogP contribution in [0.1, 0.15) is 36.7 Å². The lowest BCUT2D eigenvalue weighted by atomic mass is 9.98. The van der Waals surface area contributed by atoms with Crippen LogP contribution in [0.3, 0.4) is 0 Å². The van der Waals surface area contributed by atoms with E-state index in [0.717, 1.165) is 17.2 Å². The summed E-state index contributed by atoms with van der Waals surface area (Å²) in [6.07, 6.45) is -6.17. The van der Waals surface area contributed by atoms with Gasteiger partial charge in [-0.25, -0.2) is 24.3 Å². The van der Waals surface area contributed by atoms with E-state index in [2.05, 4.69) is 45.3 Å². The number of halogens is 1. The molecule has 2 fully saturated rings. The molecular formula is C32H36FN11O11S. The van der Waals surface area contributed by atoms with Crippen molar-refractivity contribution in [2.75, 3.05) is 30.5 Å². The Morgan fingerprint density at radius 3 is 2.36 bits per heavy atom. The Morgan fingerprint density at radius 2 is 1.66 bits per heavy atom. The molecule has 5 aromatic rings. The molecule has 0 spiro atoms. The van der Waals surface area contributed by atoms with Gasteiger partial charge in [0.05, 0.1) is 44.6 Å². The fourth-order valence-electron chi connectivity index (χ4n) is 6.36. The largest absolute Gasteiger partial charge is 0.396 e. The molecule has 1 aromatic carbocycles. The number of aliphatic hydroxyl groups excluding tert-OH is 3. The molecule has 2 saturated heterocycles. The molecule has 22 nitrogen and oxygen atoms in total. The molecule has 8 atom stereocenters. The van der Waals surface area contributed by atoms with Gasteiger partial charge >= 0.3 is 10.3 Å². The molecule has 6 heterocycles. The number of aromatic nitrogens is 8. The van der Waals surface area contributed by atoms with Gasteiger partial charge in [0.1, 0.15) is 18.5 Å². The van der Waals surface area contributed by atoms with Crippen LogP contribution in [-0.4, -0.2) is 125 Å². The summed E-state index contributed by atoms with van der Waals surface area (Å²) in [6.45, 7) is 1.04. The number of anilines is 2. The number of aromatic amines is 1. The van der Waals surface area contributed by atoms with Gasteiger partial charge < -0.3 is 30.1 Å². The number of hydrogen-bond acceptors (Lipinski definition) is 16. The summed E-state index contributed by atoms with van der Waals surface area (Å²) < 4.78 is 63.8. The van der Waals surface area contributed by atoms with Crippen molar-refractivity contribution in [2.24, 2.45) is 11.8 Å². The number of aliphatic hydroxyl groups is 3. The lowest BCUT2D eigenvalue weighted by molar-refractivity contribution is -0.118. The van der Waals surface area contributed by atoms with Gasteiger partial charge in [-0.1, -0.05) is 32.0 Å². The van der Waals surface area contributed by atoms with Crippen LogP contribution in [0.25, 0.3) is 22.3 Å². The maximum Gasteiger partial charge on any atom is 0.336 e. The minimum atomic E-state index is -4.83. The highest BCUT2D eigenvalue weighted by molar-refractivity contribution is 7.84. The fraction of sp³-hybridized carbons (Fsp3) is 0.438. The van der Waals surface area contributed by atoms with Gasteiger partial charge in [-0.15, -0.1) is 0 Å². The number of imidazole rings is 2. The number of rotatable bonds is 13. The zero-order chi connectivity index (χ0) is 39.9. The maximum absolute atomic E-state index is 15.6. The van der Waals surface area contributed by atoms with Crippen LogP contribution < -0.4 is 20.9 Å². The number of amides is 2. The standard InChI is InChI=1S/C32H36FN11O11S/c1-14(2)27(48)40-32-39-26-22(29(50)41-32)37-13-44(26)31-20(16(8-45)17(9-46)54-31)42-56(51,52)53-10-18-23(47)19(33)30(55-18)43-12-36-21-24(34-11-35-25(21)43)38-28(49)15-6-4-3-5-7-15/h3-7,11-14,16-20,23,30-31,42,45-47H,8-10H2,1-2H3,(H,34,35,38,49)(H2,39,40,41,48,50). The van der Waals surface area contributed by atoms with Crippen LogP contribution in [0.15, 0.2) is 54.1 Å². The van der Waals surface area contributed by atoms with Crippen molar-refractivity contribution in [3.63, 3.8) is 0 Å². The van der Waals surface area contributed by atoms with Crippen LogP contribution in [0.4, 0.5) is 16.2 Å². The van der Waals surface area contributed by atoms with Crippen molar-refractivity contribution in [3.8, 4) is 0 Å². The van der Waals surface area contributed by atoms with Gasteiger partial charge in [-0.2, -0.15) is 18.1 Å². The monoisotopic (exact) mass is 801 g/mol. The number of benzene rings is 1. The first-order chi connectivity index (χ1) is 26.8. The summed E-state index contributed by atoms with van der Waals surface area (Å²) >= 11 is 0. The Morgan fingerprint density at radius 1 is 0.964 bits per heavy atom. The quantitative estimate of drug-likeness (QED) is 0.0761. The molecule has 56 heavy (non-hydrogen) atoms.